The number of aromatic nitrogens is 4. The van der Waals surface area contributed by atoms with Gasteiger partial charge in [-0.3, -0.25) is 9.36 Å². The van der Waals surface area contributed by atoms with Crippen LogP contribution in [0.2, 0.25) is 5.02 Å². The number of benzene rings is 1. The molecule has 1 atom stereocenters. The zero-order chi connectivity index (χ0) is 24.8. The van der Waals surface area contributed by atoms with E-state index < -0.39 is 5.82 Å². The molecule has 36 heavy (non-hydrogen) atoms. The topological polar surface area (TPSA) is 82.4 Å². The van der Waals surface area contributed by atoms with Gasteiger partial charge in [-0.25, -0.2) is 19.3 Å². The van der Waals surface area contributed by atoms with Gasteiger partial charge in [0.05, 0.1) is 19.1 Å². The lowest BCUT2D eigenvalue weighted by Crippen LogP contribution is -2.39. The minimum Gasteiger partial charge on any atom is -0.481 e. The van der Waals surface area contributed by atoms with Gasteiger partial charge in [0.1, 0.15) is 34.8 Å². The molecule has 0 aliphatic carbocycles. The predicted octanol–water partition coefficient (Wildman–Crippen LogP) is 4.18. The first-order valence-electron chi connectivity index (χ1n) is 11.8. The highest BCUT2D eigenvalue weighted by atomic mass is 35.5. The van der Waals surface area contributed by atoms with E-state index in [9.17, 15) is 4.79 Å². The van der Waals surface area contributed by atoms with E-state index in [2.05, 4.69) is 9.88 Å². The second-order valence-corrected chi connectivity index (χ2v) is 9.31. The molecule has 5 heterocycles. The average Bonchev–Trinajstić information content (AvgIpc) is 3.38. The molecule has 0 bridgehead atoms. The smallest absolute Gasteiger partial charge is 0.261 e. The van der Waals surface area contributed by atoms with Crippen molar-refractivity contribution in [1.29, 1.82) is 0 Å². The lowest BCUT2D eigenvalue weighted by atomic mass is 10.1. The first-order valence-corrected chi connectivity index (χ1v) is 12.2. The first kappa shape index (κ1) is 22.9. The molecule has 0 amide bonds. The maximum Gasteiger partial charge on any atom is 0.261 e. The molecular formula is C26H23ClFN5O3. The van der Waals surface area contributed by atoms with Gasteiger partial charge in [0.2, 0.25) is 5.88 Å². The highest BCUT2D eigenvalue weighted by molar-refractivity contribution is 6.30. The predicted molar refractivity (Wildman–Crippen MR) is 134 cm³/mol. The van der Waals surface area contributed by atoms with Crippen molar-refractivity contribution in [2.75, 3.05) is 31.7 Å². The second-order valence-electron chi connectivity index (χ2n) is 8.87. The number of anilines is 1. The van der Waals surface area contributed by atoms with Crippen LogP contribution in [0.15, 0.2) is 47.4 Å². The minimum absolute atomic E-state index is 0.129. The summed E-state index contributed by atoms with van der Waals surface area (Å²) in [5.74, 6) is 1.26. The van der Waals surface area contributed by atoms with Gasteiger partial charge in [-0.2, -0.15) is 0 Å². The number of ether oxygens (including phenoxy) is 2. The van der Waals surface area contributed by atoms with E-state index in [0.717, 1.165) is 12.0 Å². The Morgan fingerprint density at radius 1 is 1.17 bits per heavy atom. The quantitative estimate of drug-likeness (QED) is 0.410. The van der Waals surface area contributed by atoms with Gasteiger partial charge in [-0.1, -0.05) is 11.6 Å². The normalized spacial score (nSPS) is 17.4. The van der Waals surface area contributed by atoms with Crippen molar-refractivity contribution in [2.45, 2.75) is 25.5 Å². The molecule has 1 unspecified atom stereocenters. The lowest BCUT2D eigenvalue weighted by molar-refractivity contribution is 0.0393. The van der Waals surface area contributed by atoms with Crippen molar-refractivity contribution in [2.24, 2.45) is 0 Å². The number of hydrogen-bond donors (Lipinski definition) is 0. The summed E-state index contributed by atoms with van der Waals surface area (Å²) < 4.78 is 28.1. The summed E-state index contributed by atoms with van der Waals surface area (Å²) in [5.41, 5.74) is 1.79. The summed E-state index contributed by atoms with van der Waals surface area (Å²) in [4.78, 5) is 29.3. The highest BCUT2D eigenvalue weighted by Crippen LogP contribution is 2.33. The molecule has 10 heteroatoms. The van der Waals surface area contributed by atoms with Crippen molar-refractivity contribution in [3.63, 3.8) is 0 Å². The number of fused-ring (bicyclic) bond motifs is 2. The molecule has 6 rings (SSSR count). The van der Waals surface area contributed by atoms with E-state index in [1.165, 1.54) is 6.07 Å². The number of morpholine rings is 1. The van der Waals surface area contributed by atoms with Gasteiger partial charge < -0.3 is 14.4 Å². The summed E-state index contributed by atoms with van der Waals surface area (Å²) in [6, 6.07) is 9.94. The van der Waals surface area contributed by atoms with Gasteiger partial charge in [-0.15, -0.1) is 0 Å². The first-order chi connectivity index (χ1) is 17.5. The molecule has 0 spiro atoms. The third-order valence-corrected chi connectivity index (χ3v) is 6.94. The molecular weight excluding hydrogens is 485 g/mol. The zero-order valence-corrected chi connectivity index (χ0v) is 20.3. The van der Waals surface area contributed by atoms with E-state index in [4.69, 9.17) is 31.0 Å². The molecule has 3 aromatic heterocycles. The van der Waals surface area contributed by atoms with E-state index in [0.29, 0.717) is 66.8 Å². The molecule has 0 saturated carbocycles. The number of methoxy groups -OCH3 is 1. The molecule has 0 N–H and O–H groups in total. The second kappa shape index (κ2) is 9.15. The molecule has 4 aromatic rings. The Balaban J connectivity index is 1.49. The number of rotatable bonds is 4. The van der Waals surface area contributed by atoms with Gasteiger partial charge >= 0.3 is 0 Å². The summed E-state index contributed by atoms with van der Waals surface area (Å²) in [7, 11) is 1.57. The molecule has 1 fully saturated rings. The molecule has 0 radical (unpaired) electrons. The molecule has 2 aliphatic heterocycles. The third kappa shape index (κ3) is 3.98. The van der Waals surface area contributed by atoms with E-state index in [1.807, 2.05) is 12.1 Å². The SMILES string of the molecule is COc1cc(C2CN(c3cc4c(=O)n5c(nc4c(-c4ccc(Cl)cc4F)n3)CCC5)CCO2)ccn1. The number of nitrogens with zero attached hydrogens (tertiary/aromatic N) is 5. The third-order valence-electron chi connectivity index (χ3n) is 6.71. The van der Waals surface area contributed by atoms with Crippen LogP contribution in [0.5, 0.6) is 5.88 Å². The highest BCUT2D eigenvalue weighted by Gasteiger charge is 2.27. The van der Waals surface area contributed by atoms with E-state index in [1.54, 1.807) is 36.1 Å². The van der Waals surface area contributed by atoms with Gasteiger partial charge in [0, 0.05) is 48.9 Å². The van der Waals surface area contributed by atoms with Gasteiger partial charge in [0.25, 0.3) is 5.56 Å². The number of aryl methyl sites for hydroxylation is 1. The van der Waals surface area contributed by atoms with Gasteiger partial charge in [0.15, 0.2) is 0 Å². The fraction of sp³-hybridized carbons (Fsp3) is 0.308. The summed E-state index contributed by atoms with van der Waals surface area (Å²) in [5, 5.41) is 0.707. The molecule has 1 aromatic carbocycles. The van der Waals surface area contributed by atoms with Crippen molar-refractivity contribution in [3.05, 3.63) is 75.2 Å². The maximum atomic E-state index is 15.1. The van der Waals surface area contributed by atoms with Crippen LogP contribution < -0.4 is 15.2 Å². The average molecular weight is 508 g/mol. The van der Waals surface area contributed by atoms with Crippen LogP contribution >= 0.6 is 11.6 Å². The number of halogens is 2. The van der Waals surface area contributed by atoms with Crippen molar-refractivity contribution in [3.8, 4) is 17.1 Å². The standard InChI is InChI=1S/C26H23ClFN5O3/c1-35-23-11-15(6-7-29-23)20-14-32(9-10-36-20)22-13-18-25(30-21-3-2-8-33(21)26(18)34)24(31-22)17-5-4-16(27)12-19(17)28/h4-7,11-13,20H,2-3,8-10,14H2,1H3. The van der Waals surface area contributed by atoms with Gasteiger partial charge in [-0.05, 0) is 42.3 Å². The van der Waals surface area contributed by atoms with Crippen LogP contribution in [0, 0.1) is 5.82 Å². The van der Waals surface area contributed by atoms with Crippen LogP contribution in [0.4, 0.5) is 10.2 Å². The Morgan fingerprint density at radius 2 is 2.06 bits per heavy atom. The number of hydrogen-bond acceptors (Lipinski definition) is 7. The molecule has 1 saturated heterocycles. The Morgan fingerprint density at radius 3 is 2.89 bits per heavy atom. The Bertz CT molecular complexity index is 1540. The lowest BCUT2D eigenvalue weighted by Gasteiger charge is -2.34. The van der Waals surface area contributed by atoms with Crippen molar-refractivity contribution < 1.29 is 13.9 Å². The minimum atomic E-state index is -0.514. The van der Waals surface area contributed by atoms with E-state index in [-0.39, 0.29) is 22.2 Å². The Kier molecular flexibility index (Phi) is 5.81. The molecule has 184 valence electrons. The Hall–Kier alpha value is -3.56. The van der Waals surface area contributed by atoms with Crippen LogP contribution in [0.25, 0.3) is 22.2 Å². The van der Waals surface area contributed by atoms with Crippen LogP contribution in [-0.4, -0.2) is 46.3 Å². The largest absolute Gasteiger partial charge is 0.481 e. The summed E-state index contributed by atoms with van der Waals surface area (Å²) in [6.07, 6.45) is 2.99. The fourth-order valence-corrected chi connectivity index (χ4v) is 5.06. The van der Waals surface area contributed by atoms with Crippen LogP contribution in [0.1, 0.15) is 23.9 Å². The van der Waals surface area contributed by atoms with E-state index >= 15 is 4.39 Å². The van der Waals surface area contributed by atoms with Crippen molar-refractivity contribution in [1.82, 2.24) is 19.5 Å². The molecule has 8 nitrogen and oxygen atoms in total. The monoisotopic (exact) mass is 507 g/mol. The fourth-order valence-electron chi connectivity index (χ4n) is 4.90. The summed E-state index contributed by atoms with van der Waals surface area (Å²) in [6.45, 7) is 2.15. The number of pyridine rings is 2. The molecule has 2 aliphatic rings. The zero-order valence-electron chi connectivity index (χ0n) is 19.6. The van der Waals surface area contributed by atoms with Crippen molar-refractivity contribution >= 4 is 28.3 Å². The van der Waals surface area contributed by atoms with Crippen LogP contribution in [-0.2, 0) is 17.7 Å². The Labute approximate surface area is 211 Å². The maximum absolute atomic E-state index is 15.1. The summed E-state index contributed by atoms with van der Waals surface area (Å²) >= 11 is 6.01. The van der Waals surface area contributed by atoms with Crippen LogP contribution in [0.3, 0.4) is 0 Å².